The third kappa shape index (κ3) is 3.01. The molecule has 1 fully saturated rings. The van der Waals surface area contributed by atoms with Gasteiger partial charge in [-0.1, -0.05) is 30.4 Å². The summed E-state index contributed by atoms with van der Waals surface area (Å²) in [6.45, 7) is 1.17. The van der Waals surface area contributed by atoms with Gasteiger partial charge in [0.2, 0.25) is 10.0 Å². The van der Waals surface area contributed by atoms with Gasteiger partial charge >= 0.3 is 0 Å². The molecule has 0 atom stereocenters. The van der Waals surface area contributed by atoms with E-state index in [9.17, 15) is 8.42 Å². The van der Waals surface area contributed by atoms with E-state index in [1.807, 2.05) is 0 Å². The van der Waals surface area contributed by atoms with Crippen molar-refractivity contribution >= 4 is 27.2 Å². The molecular formula is C13H18N2O3S2. The maximum atomic E-state index is 12.7. The van der Waals surface area contributed by atoms with Crippen molar-refractivity contribution in [1.82, 2.24) is 4.31 Å². The Labute approximate surface area is 124 Å². The number of sulfonamides is 1. The van der Waals surface area contributed by atoms with Gasteiger partial charge in [-0.25, -0.2) is 8.42 Å². The van der Waals surface area contributed by atoms with Crippen molar-refractivity contribution in [2.24, 2.45) is 5.73 Å². The smallest absolute Gasteiger partial charge is 0.243 e. The van der Waals surface area contributed by atoms with Crippen LogP contribution in [0.5, 0.6) is 0 Å². The largest absolute Gasteiger partial charge is 0.389 e. The highest BCUT2D eigenvalue weighted by molar-refractivity contribution is 7.89. The lowest BCUT2D eigenvalue weighted by Crippen LogP contribution is -2.41. The molecule has 0 spiro atoms. The van der Waals surface area contributed by atoms with Gasteiger partial charge in [-0.2, -0.15) is 4.31 Å². The molecule has 2 rings (SSSR count). The Morgan fingerprint density at radius 3 is 2.55 bits per heavy atom. The summed E-state index contributed by atoms with van der Waals surface area (Å²) in [7, 11) is -2.01. The van der Waals surface area contributed by atoms with Crippen molar-refractivity contribution in [3.05, 3.63) is 29.8 Å². The van der Waals surface area contributed by atoms with Crippen LogP contribution in [0, 0.1) is 0 Å². The molecule has 1 heterocycles. The molecule has 0 amide bonds. The van der Waals surface area contributed by atoms with E-state index in [1.54, 1.807) is 31.3 Å². The van der Waals surface area contributed by atoms with E-state index in [0.717, 1.165) is 0 Å². The van der Waals surface area contributed by atoms with E-state index >= 15 is 0 Å². The SMILES string of the molecule is CN(C1CCOCC1)S(=O)(=O)c1ccccc1C(N)=S. The summed E-state index contributed by atoms with van der Waals surface area (Å²) in [6.07, 6.45) is 1.40. The molecule has 1 aromatic carbocycles. The Morgan fingerprint density at radius 2 is 1.95 bits per heavy atom. The second kappa shape index (κ2) is 6.17. The molecule has 0 saturated carbocycles. The molecule has 1 aliphatic heterocycles. The third-order valence-corrected chi connectivity index (χ3v) is 5.70. The first kappa shape index (κ1) is 15.4. The minimum atomic E-state index is -3.60. The molecule has 5 nitrogen and oxygen atoms in total. The van der Waals surface area contributed by atoms with Crippen molar-refractivity contribution in [1.29, 1.82) is 0 Å². The Hall–Kier alpha value is -1.02. The molecule has 2 N–H and O–H groups in total. The van der Waals surface area contributed by atoms with Crippen molar-refractivity contribution in [2.75, 3.05) is 20.3 Å². The average molecular weight is 314 g/mol. The summed E-state index contributed by atoms with van der Waals surface area (Å²) in [6, 6.07) is 6.52. The van der Waals surface area contributed by atoms with E-state index in [2.05, 4.69) is 0 Å². The molecule has 110 valence electrons. The number of nitrogens with zero attached hydrogens (tertiary/aromatic N) is 1. The van der Waals surface area contributed by atoms with Gasteiger partial charge in [0.05, 0.1) is 4.90 Å². The van der Waals surface area contributed by atoms with Gasteiger partial charge in [0.25, 0.3) is 0 Å². The lowest BCUT2D eigenvalue weighted by atomic mass is 10.1. The predicted molar refractivity (Wildman–Crippen MR) is 81.1 cm³/mol. The number of rotatable bonds is 4. The lowest BCUT2D eigenvalue weighted by Gasteiger charge is -2.30. The Bertz CT molecular complexity index is 595. The summed E-state index contributed by atoms with van der Waals surface area (Å²) in [5.41, 5.74) is 6.01. The molecule has 1 aliphatic rings. The van der Waals surface area contributed by atoms with Gasteiger partial charge in [-0.05, 0) is 18.9 Å². The fourth-order valence-electron chi connectivity index (χ4n) is 2.30. The van der Waals surface area contributed by atoms with E-state index in [4.69, 9.17) is 22.7 Å². The van der Waals surface area contributed by atoms with Crippen molar-refractivity contribution < 1.29 is 13.2 Å². The molecule has 0 unspecified atom stereocenters. The molecule has 1 saturated heterocycles. The normalized spacial score (nSPS) is 17.3. The van der Waals surface area contributed by atoms with E-state index in [0.29, 0.717) is 31.6 Å². The average Bonchev–Trinajstić information content (AvgIpc) is 2.47. The first-order valence-corrected chi connectivity index (χ1v) is 8.24. The number of benzene rings is 1. The Morgan fingerprint density at radius 1 is 1.35 bits per heavy atom. The van der Waals surface area contributed by atoms with Crippen molar-refractivity contribution in [3.8, 4) is 0 Å². The molecule has 1 aromatic rings. The minimum Gasteiger partial charge on any atom is -0.389 e. The summed E-state index contributed by atoms with van der Waals surface area (Å²) in [5, 5.41) is 0. The number of nitrogens with two attached hydrogens (primary N) is 1. The fraction of sp³-hybridized carbons (Fsp3) is 0.462. The molecule has 0 aliphatic carbocycles. The standard InChI is InChI=1S/C13H18N2O3S2/c1-15(10-6-8-18-9-7-10)20(16,17)12-5-3-2-4-11(12)13(14)19/h2-5,10H,6-9H2,1H3,(H2,14,19). The fourth-order valence-corrected chi connectivity index (χ4v) is 4.16. The van der Waals surface area contributed by atoms with E-state index in [1.165, 1.54) is 4.31 Å². The maximum Gasteiger partial charge on any atom is 0.243 e. The van der Waals surface area contributed by atoms with Gasteiger partial charge in [0.1, 0.15) is 4.99 Å². The van der Waals surface area contributed by atoms with Gasteiger partial charge in [-0.3, -0.25) is 0 Å². The second-order valence-electron chi connectivity index (χ2n) is 4.73. The molecule has 0 aromatic heterocycles. The highest BCUT2D eigenvalue weighted by atomic mass is 32.2. The summed E-state index contributed by atoms with van der Waals surface area (Å²) < 4.78 is 32.1. The highest BCUT2D eigenvalue weighted by Gasteiger charge is 2.31. The first-order chi connectivity index (χ1) is 9.44. The quantitative estimate of drug-likeness (QED) is 0.843. The Kier molecular flexibility index (Phi) is 4.74. The van der Waals surface area contributed by atoms with Crippen LogP contribution in [0.2, 0.25) is 0 Å². The molecule has 7 heteroatoms. The van der Waals surface area contributed by atoms with Gasteiger partial charge in [0.15, 0.2) is 0 Å². The number of ether oxygens (including phenoxy) is 1. The zero-order chi connectivity index (χ0) is 14.8. The van der Waals surface area contributed by atoms with Gasteiger partial charge in [-0.15, -0.1) is 0 Å². The Balaban J connectivity index is 2.37. The highest BCUT2D eigenvalue weighted by Crippen LogP contribution is 2.24. The first-order valence-electron chi connectivity index (χ1n) is 6.39. The molecule has 0 bridgehead atoms. The van der Waals surface area contributed by atoms with Crippen LogP contribution in [-0.2, 0) is 14.8 Å². The minimum absolute atomic E-state index is 0.0480. The monoisotopic (exact) mass is 314 g/mol. The maximum absolute atomic E-state index is 12.7. The van der Waals surface area contributed by atoms with Crippen LogP contribution in [0.3, 0.4) is 0 Å². The van der Waals surface area contributed by atoms with Gasteiger partial charge in [0, 0.05) is 31.9 Å². The third-order valence-electron chi connectivity index (χ3n) is 3.51. The van der Waals surface area contributed by atoms with Crippen LogP contribution in [-0.4, -0.2) is 44.0 Å². The van der Waals surface area contributed by atoms with Crippen LogP contribution in [0.15, 0.2) is 29.2 Å². The number of hydrogen-bond donors (Lipinski definition) is 1. The summed E-state index contributed by atoms with van der Waals surface area (Å²) in [4.78, 5) is 0.256. The second-order valence-corrected chi connectivity index (χ2v) is 7.13. The molecule has 20 heavy (non-hydrogen) atoms. The van der Waals surface area contributed by atoms with Crippen LogP contribution in [0.4, 0.5) is 0 Å². The topological polar surface area (TPSA) is 72.6 Å². The van der Waals surface area contributed by atoms with Crippen molar-refractivity contribution in [2.45, 2.75) is 23.8 Å². The van der Waals surface area contributed by atoms with E-state index < -0.39 is 10.0 Å². The molecular weight excluding hydrogens is 296 g/mol. The molecule has 0 radical (unpaired) electrons. The van der Waals surface area contributed by atoms with Crippen LogP contribution in [0.1, 0.15) is 18.4 Å². The predicted octanol–water partition coefficient (Wildman–Crippen LogP) is 1.12. The number of thiocarbonyl (C=S) groups is 1. The number of hydrogen-bond acceptors (Lipinski definition) is 4. The zero-order valence-corrected chi connectivity index (χ0v) is 12.9. The summed E-state index contributed by atoms with van der Waals surface area (Å²) in [5.74, 6) is 0. The van der Waals surface area contributed by atoms with Crippen LogP contribution in [0.25, 0.3) is 0 Å². The van der Waals surface area contributed by atoms with Crippen LogP contribution >= 0.6 is 12.2 Å². The lowest BCUT2D eigenvalue weighted by molar-refractivity contribution is 0.0632. The summed E-state index contributed by atoms with van der Waals surface area (Å²) >= 11 is 4.94. The van der Waals surface area contributed by atoms with E-state index in [-0.39, 0.29) is 15.9 Å². The van der Waals surface area contributed by atoms with Crippen molar-refractivity contribution in [3.63, 3.8) is 0 Å². The zero-order valence-electron chi connectivity index (χ0n) is 11.3. The van der Waals surface area contributed by atoms with Crippen LogP contribution < -0.4 is 5.73 Å². The van der Waals surface area contributed by atoms with Gasteiger partial charge < -0.3 is 10.5 Å².